The third-order valence-corrected chi connectivity index (χ3v) is 2.19. The first-order valence-electron chi connectivity index (χ1n) is 4.98. The van der Waals surface area contributed by atoms with Crippen LogP contribution in [0.3, 0.4) is 0 Å². The van der Waals surface area contributed by atoms with Gasteiger partial charge in [-0.2, -0.15) is 0 Å². The highest BCUT2D eigenvalue weighted by molar-refractivity contribution is 5.75. The summed E-state index contributed by atoms with van der Waals surface area (Å²) in [5.41, 5.74) is -0.128. The highest BCUT2D eigenvalue weighted by Crippen LogP contribution is 2.28. The van der Waals surface area contributed by atoms with E-state index in [1.54, 1.807) is 0 Å². The van der Waals surface area contributed by atoms with Gasteiger partial charge in [-0.1, -0.05) is 0 Å². The highest BCUT2D eigenvalue weighted by Gasteiger charge is 2.13. The first-order valence-corrected chi connectivity index (χ1v) is 4.98. The molecule has 0 aliphatic rings. The number of benzene rings is 2. The van der Waals surface area contributed by atoms with Gasteiger partial charge in [-0.05, 0) is 36.4 Å². The van der Waals surface area contributed by atoms with E-state index >= 15 is 0 Å². The lowest BCUT2D eigenvalue weighted by Crippen LogP contribution is -1.95. The van der Waals surface area contributed by atoms with Crippen LogP contribution in [0.25, 0.3) is 0 Å². The van der Waals surface area contributed by atoms with Crippen molar-refractivity contribution < 1.29 is 22.7 Å². The largest absolute Gasteiger partial charge is 0.451 e. The molecule has 0 aliphatic carbocycles. The van der Waals surface area contributed by atoms with Crippen molar-refractivity contribution in [3.63, 3.8) is 0 Å². The number of rotatable bonds is 3. The Bertz CT molecular complexity index is 556. The monoisotopic (exact) mass is 252 g/mol. The normalized spacial score (nSPS) is 10.2. The summed E-state index contributed by atoms with van der Waals surface area (Å²) in [5.74, 6) is -3.03. The van der Waals surface area contributed by atoms with E-state index in [1.165, 1.54) is 12.1 Å². The molecule has 0 atom stereocenters. The van der Waals surface area contributed by atoms with E-state index < -0.39 is 23.2 Å². The quantitative estimate of drug-likeness (QED) is 0.778. The van der Waals surface area contributed by atoms with E-state index in [1.807, 2.05) is 0 Å². The molecule has 0 N–H and O–H groups in total. The third-order valence-electron chi connectivity index (χ3n) is 2.19. The standard InChI is InChI=1S/C13H7F3O2/c14-9-1-3-10(4-2-9)18-13-11(15)5-8(7-17)6-12(13)16/h1-7H. The molecule has 0 unspecified atom stereocenters. The Morgan fingerprint density at radius 3 is 2.00 bits per heavy atom. The molecule has 5 heteroatoms. The van der Waals surface area contributed by atoms with Crippen LogP contribution < -0.4 is 4.74 Å². The van der Waals surface area contributed by atoms with Crippen LogP contribution in [0.1, 0.15) is 10.4 Å². The van der Waals surface area contributed by atoms with Gasteiger partial charge in [0.15, 0.2) is 17.4 Å². The average Bonchev–Trinajstić information content (AvgIpc) is 2.35. The first-order chi connectivity index (χ1) is 8.60. The topological polar surface area (TPSA) is 26.3 Å². The number of halogens is 3. The van der Waals surface area contributed by atoms with Crippen molar-refractivity contribution >= 4 is 6.29 Å². The van der Waals surface area contributed by atoms with Gasteiger partial charge in [0, 0.05) is 5.56 Å². The van der Waals surface area contributed by atoms with Gasteiger partial charge in [-0.15, -0.1) is 0 Å². The molecule has 0 aliphatic heterocycles. The van der Waals surface area contributed by atoms with E-state index in [2.05, 4.69) is 0 Å². The molecule has 2 aromatic rings. The van der Waals surface area contributed by atoms with Crippen LogP contribution >= 0.6 is 0 Å². The number of ether oxygens (including phenoxy) is 1. The predicted molar refractivity (Wildman–Crippen MR) is 58.2 cm³/mol. The summed E-state index contributed by atoms with van der Waals surface area (Å²) in [6, 6.07) is 6.39. The molecule has 0 fully saturated rings. The molecule has 2 nitrogen and oxygen atoms in total. The SMILES string of the molecule is O=Cc1cc(F)c(Oc2ccc(F)cc2)c(F)c1. The zero-order chi connectivity index (χ0) is 13.1. The minimum Gasteiger partial charge on any atom is -0.451 e. The fraction of sp³-hybridized carbons (Fsp3) is 0. The van der Waals surface area contributed by atoms with E-state index in [0.717, 1.165) is 24.3 Å². The average molecular weight is 252 g/mol. The minimum atomic E-state index is -0.999. The van der Waals surface area contributed by atoms with E-state index in [-0.39, 0.29) is 11.3 Å². The van der Waals surface area contributed by atoms with E-state index in [0.29, 0.717) is 6.29 Å². The Balaban J connectivity index is 2.34. The summed E-state index contributed by atoms with van der Waals surface area (Å²) >= 11 is 0. The maximum absolute atomic E-state index is 13.5. The molecular weight excluding hydrogens is 245 g/mol. The molecule has 2 rings (SSSR count). The van der Waals surface area contributed by atoms with Crippen molar-refractivity contribution in [3.05, 3.63) is 59.4 Å². The summed E-state index contributed by atoms with van der Waals surface area (Å²) in [5, 5.41) is 0. The number of carbonyl (C=O) groups excluding carboxylic acids is 1. The van der Waals surface area contributed by atoms with Crippen LogP contribution in [-0.2, 0) is 0 Å². The van der Waals surface area contributed by atoms with Crippen molar-refractivity contribution in [3.8, 4) is 11.5 Å². The third kappa shape index (κ3) is 2.51. The van der Waals surface area contributed by atoms with Gasteiger partial charge in [0.2, 0.25) is 0 Å². The lowest BCUT2D eigenvalue weighted by molar-refractivity contribution is 0.112. The summed E-state index contributed by atoms with van der Waals surface area (Å²) < 4.78 is 44.5. The molecule has 0 saturated heterocycles. The van der Waals surface area contributed by atoms with Gasteiger partial charge in [0.05, 0.1) is 0 Å². The fourth-order valence-corrected chi connectivity index (χ4v) is 1.37. The first kappa shape index (κ1) is 12.2. The molecule has 0 amide bonds. The maximum Gasteiger partial charge on any atom is 0.198 e. The minimum absolute atomic E-state index is 0.0908. The number of aldehydes is 1. The van der Waals surface area contributed by atoms with E-state index in [4.69, 9.17) is 4.74 Å². The lowest BCUT2D eigenvalue weighted by Gasteiger charge is -2.08. The molecule has 0 bridgehead atoms. The molecule has 0 spiro atoms. The maximum atomic E-state index is 13.5. The molecule has 0 saturated carbocycles. The second-order valence-electron chi connectivity index (χ2n) is 3.49. The summed E-state index contributed by atoms with van der Waals surface area (Å²) in [7, 11) is 0. The molecule has 0 radical (unpaired) electrons. The van der Waals surface area contributed by atoms with Gasteiger partial charge in [-0.3, -0.25) is 4.79 Å². The zero-order valence-corrected chi connectivity index (χ0v) is 8.99. The molecule has 92 valence electrons. The summed E-state index contributed by atoms with van der Waals surface area (Å²) in [4.78, 5) is 10.4. The Morgan fingerprint density at radius 1 is 0.944 bits per heavy atom. The smallest absolute Gasteiger partial charge is 0.198 e. The molecule has 0 heterocycles. The lowest BCUT2D eigenvalue weighted by atomic mass is 10.2. The van der Waals surface area contributed by atoms with Crippen LogP contribution in [0, 0.1) is 17.5 Å². The second-order valence-corrected chi connectivity index (χ2v) is 3.49. The van der Waals surface area contributed by atoms with E-state index in [9.17, 15) is 18.0 Å². The van der Waals surface area contributed by atoms with Crippen LogP contribution in [0.4, 0.5) is 13.2 Å². The molecule has 18 heavy (non-hydrogen) atoms. The number of hydrogen-bond donors (Lipinski definition) is 0. The Labute approximate surface area is 101 Å². The number of hydrogen-bond acceptors (Lipinski definition) is 2. The van der Waals surface area contributed by atoms with Gasteiger partial charge in [0.25, 0.3) is 0 Å². The van der Waals surface area contributed by atoms with Crippen LogP contribution in [0.5, 0.6) is 11.5 Å². The van der Waals surface area contributed by atoms with Crippen molar-refractivity contribution in [1.82, 2.24) is 0 Å². The van der Waals surface area contributed by atoms with Crippen molar-refractivity contribution in [1.29, 1.82) is 0 Å². The van der Waals surface area contributed by atoms with Gasteiger partial charge >= 0.3 is 0 Å². The Morgan fingerprint density at radius 2 is 1.50 bits per heavy atom. The highest BCUT2D eigenvalue weighted by atomic mass is 19.1. The van der Waals surface area contributed by atoms with Crippen LogP contribution in [0.15, 0.2) is 36.4 Å². The fourth-order valence-electron chi connectivity index (χ4n) is 1.37. The Kier molecular flexibility index (Phi) is 3.32. The summed E-state index contributed by atoms with van der Waals surface area (Å²) in [6.45, 7) is 0. The van der Waals surface area contributed by atoms with Crippen LogP contribution in [-0.4, -0.2) is 6.29 Å². The van der Waals surface area contributed by atoms with Gasteiger partial charge in [0.1, 0.15) is 17.9 Å². The molecular formula is C13H7F3O2. The van der Waals surface area contributed by atoms with Gasteiger partial charge in [-0.25, -0.2) is 13.2 Å². The van der Waals surface area contributed by atoms with Crippen molar-refractivity contribution in [2.45, 2.75) is 0 Å². The van der Waals surface area contributed by atoms with Gasteiger partial charge < -0.3 is 4.74 Å². The second kappa shape index (κ2) is 4.91. The Hall–Kier alpha value is -2.30. The zero-order valence-electron chi connectivity index (χ0n) is 8.99. The predicted octanol–water partition coefficient (Wildman–Crippen LogP) is 3.71. The van der Waals surface area contributed by atoms with Crippen molar-refractivity contribution in [2.75, 3.05) is 0 Å². The molecule has 0 aromatic heterocycles. The van der Waals surface area contributed by atoms with Crippen LogP contribution in [0.2, 0.25) is 0 Å². The van der Waals surface area contributed by atoms with Crippen molar-refractivity contribution in [2.24, 2.45) is 0 Å². The number of carbonyl (C=O) groups is 1. The summed E-state index contributed by atoms with van der Waals surface area (Å²) in [6.07, 6.45) is 0.327. The molecule has 2 aromatic carbocycles.